The van der Waals surface area contributed by atoms with Crippen molar-refractivity contribution in [2.75, 3.05) is 26.7 Å². The zero-order valence-corrected chi connectivity index (χ0v) is 7.47. The van der Waals surface area contributed by atoms with Crippen LogP contribution in [0, 0.1) is 5.92 Å². The summed E-state index contributed by atoms with van der Waals surface area (Å²) in [5.74, 6) is 0.840. The predicted octanol–water partition coefficient (Wildman–Crippen LogP) is 1.12. The van der Waals surface area contributed by atoms with E-state index < -0.39 is 0 Å². The first kappa shape index (κ1) is 7.56. The van der Waals surface area contributed by atoms with Gasteiger partial charge in [-0.2, -0.15) is 0 Å². The molecule has 1 spiro atoms. The van der Waals surface area contributed by atoms with Crippen molar-refractivity contribution in [2.24, 2.45) is 5.92 Å². The highest BCUT2D eigenvalue weighted by Gasteiger charge is 2.50. The minimum atomic E-state index is 0.281. The summed E-state index contributed by atoms with van der Waals surface area (Å²) in [4.78, 5) is 2.38. The molecule has 2 unspecified atom stereocenters. The Balaban J connectivity index is 2.01. The molecule has 2 heterocycles. The van der Waals surface area contributed by atoms with Crippen LogP contribution in [0.4, 0.5) is 0 Å². The van der Waals surface area contributed by atoms with Crippen molar-refractivity contribution >= 4 is 0 Å². The van der Waals surface area contributed by atoms with Gasteiger partial charge in [-0.15, -0.1) is 0 Å². The van der Waals surface area contributed by atoms with Crippen LogP contribution < -0.4 is 0 Å². The van der Waals surface area contributed by atoms with E-state index in [1.165, 1.54) is 19.4 Å². The van der Waals surface area contributed by atoms with E-state index in [1.54, 1.807) is 0 Å². The van der Waals surface area contributed by atoms with Crippen molar-refractivity contribution in [3.05, 3.63) is 0 Å². The number of ether oxygens (including phenoxy) is 1. The van der Waals surface area contributed by atoms with Gasteiger partial charge in [0.25, 0.3) is 0 Å². The van der Waals surface area contributed by atoms with Crippen molar-refractivity contribution in [3.63, 3.8) is 0 Å². The average molecular weight is 155 g/mol. The fourth-order valence-electron chi connectivity index (χ4n) is 2.37. The van der Waals surface area contributed by atoms with E-state index in [2.05, 4.69) is 18.9 Å². The molecule has 64 valence electrons. The number of rotatable bonds is 1. The molecule has 0 aromatic carbocycles. The summed E-state index contributed by atoms with van der Waals surface area (Å²) in [5.41, 5.74) is 0.281. The first-order valence-electron chi connectivity index (χ1n) is 4.59. The maximum Gasteiger partial charge on any atom is 0.0870 e. The second kappa shape index (κ2) is 2.46. The van der Waals surface area contributed by atoms with Crippen LogP contribution in [0.25, 0.3) is 0 Å². The van der Waals surface area contributed by atoms with Crippen molar-refractivity contribution in [1.29, 1.82) is 0 Å². The number of hydrogen-bond donors (Lipinski definition) is 0. The molecule has 0 saturated carbocycles. The fourth-order valence-corrected chi connectivity index (χ4v) is 2.37. The summed E-state index contributed by atoms with van der Waals surface area (Å²) in [7, 11) is 2.18. The second-order valence-electron chi connectivity index (χ2n) is 3.97. The van der Waals surface area contributed by atoms with Crippen LogP contribution in [0.2, 0.25) is 0 Å². The van der Waals surface area contributed by atoms with Crippen LogP contribution in [-0.2, 0) is 4.74 Å². The van der Waals surface area contributed by atoms with Gasteiger partial charge in [0.2, 0.25) is 0 Å². The van der Waals surface area contributed by atoms with Crippen LogP contribution in [0.3, 0.4) is 0 Å². The molecule has 11 heavy (non-hydrogen) atoms. The largest absolute Gasteiger partial charge is 0.373 e. The first-order chi connectivity index (χ1) is 5.27. The van der Waals surface area contributed by atoms with Gasteiger partial charge >= 0.3 is 0 Å². The Labute approximate surface area is 68.5 Å². The lowest BCUT2D eigenvalue weighted by molar-refractivity contribution is -0.195. The summed E-state index contributed by atoms with van der Waals surface area (Å²) >= 11 is 0. The molecule has 0 N–H and O–H groups in total. The molecule has 2 rings (SSSR count). The molecule has 0 aromatic heterocycles. The van der Waals surface area contributed by atoms with E-state index in [9.17, 15) is 0 Å². The summed E-state index contributed by atoms with van der Waals surface area (Å²) in [6.07, 6.45) is 2.54. The molecule has 2 heteroatoms. The van der Waals surface area contributed by atoms with Gasteiger partial charge in [-0.1, -0.05) is 6.92 Å². The topological polar surface area (TPSA) is 12.5 Å². The molecule has 2 saturated heterocycles. The van der Waals surface area contributed by atoms with Gasteiger partial charge in [0.1, 0.15) is 0 Å². The Hall–Kier alpha value is -0.0800. The molecule has 0 aromatic rings. The van der Waals surface area contributed by atoms with Crippen LogP contribution in [0.1, 0.15) is 19.8 Å². The molecule has 0 radical (unpaired) electrons. The molecular weight excluding hydrogens is 138 g/mol. The summed E-state index contributed by atoms with van der Waals surface area (Å²) < 4.78 is 5.71. The van der Waals surface area contributed by atoms with Crippen molar-refractivity contribution in [3.8, 4) is 0 Å². The van der Waals surface area contributed by atoms with E-state index in [-0.39, 0.29) is 5.60 Å². The Morgan fingerprint density at radius 2 is 2.45 bits per heavy atom. The Morgan fingerprint density at radius 1 is 1.64 bits per heavy atom. The van der Waals surface area contributed by atoms with Crippen molar-refractivity contribution < 1.29 is 4.74 Å². The maximum absolute atomic E-state index is 5.71. The summed E-state index contributed by atoms with van der Waals surface area (Å²) in [5, 5.41) is 0. The normalized spacial score (nSPS) is 44.7. The van der Waals surface area contributed by atoms with E-state index in [0.717, 1.165) is 19.1 Å². The van der Waals surface area contributed by atoms with E-state index in [4.69, 9.17) is 4.74 Å². The molecule has 2 aliphatic rings. The van der Waals surface area contributed by atoms with Crippen LogP contribution in [-0.4, -0.2) is 37.2 Å². The lowest BCUT2D eigenvalue weighted by Crippen LogP contribution is -2.54. The zero-order valence-electron chi connectivity index (χ0n) is 7.47. The lowest BCUT2D eigenvalue weighted by Gasteiger charge is -2.46. The zero-order chi connectivity index (χ0) is 7.90. The van der Waals surface area contributed by atoms with E-state index in [1.807, 2.05) is 0 Å². The quantitative estimate of drug-likeness (QED) is 0.562. The number of nitrogens with zero attached hydrogens (tertiary/aromatic N) is 1. The number of hydrogen-bond acceptors (Lipinski definition) is 2. The van der Waals surface area contributed by atoms with Crippen LogP contribution in [0.5, 0.6) is 0 Å². The molecule has 0 bridgehead atoms. The molecule has 2 fully saturated rings. The van der Waals surface area contributed by atoms with Gasteiger partial charge < -0.3 is 9.64 Å². The molecule has 0 aliphatic carbocycles. The third kappa shape index (κ3) is 1.00. The smallest absolute Gasteiger partial charge is 0.0870 e. The van der Waals surface area contributed by atoms with Gasteiger partial charge in [0.05, 0.1) is 12.2 Å². The van der Waals surface area contributed by atoms with Gasteiger partial charge in [-0.3, -0.25) is 0 Å². The minimum Gasteiger partial charge on any atom is -0.373 e. The molecule has 2 atom stereocenters. The van der Waals surface area contributed by atoms with Gasteiger partial charge in [-0.05, 0) is 19.9 Å². The molecule has 0 amide bonds. The standard InChI is InChI=1S/C9H17NO/c1-3-8-6-11-9(8)4-5-10(2)7-9/h8H,3-7H2,1-2H3. The minimum absolute atomic E-state index is 0.281. The Morgan fingerprint density at radius 3 is 2.82 bits per heavy atom. The Bertz CT molecular complexity index is 158. The Kier molecular flexibility index (Phi) is 1.69. The van der Waals surface area contributed by atoms with Crippen LogP contribution >= 0.6 is 0 Å². The molecular formula is C9H17NO. The second-order valence-corrected chi connectivity index (χ2v) is 3.97. The van der Waals surface area contributed by atoms with E-state index in [0.29, 0.717) is 0 Å². The highest BCUT2D eigenvalue weighted by molar-refractivity contribution is 5.01. The maximum atomic E-state index is 5.71. The van der Waals surface area contributed by atoms with Gasteiger partial charge in [-0.25, -0.2) is 0 Å². The molecule has 2 nitrogen and oxygen atoms in total. The van der Waals surface area contributed by atoms with E-state index >= 15 is 0 Å². The first-order valence-corrected chi connectivity index (χ1v) is 4.59. The third-order valence-corrected chi connectivity index (χ3v) is 3.26. The highest BCUT2D eigenvalue weighted by atomic mass is 16.5. The van der Waals surface area contributed by atoms with Crippen LogP contribution in [0.15, 0.2) is 0 Å². The number of likely N-dealkylation sites (N-methyl/N-ethyl adjacent to an activating group) is 1. The average Bonchev–Trinajstić information content (AvgIpc) is 2.33. The van der Waals surface area contributed by atoms with Gasteiger partial charge in [0, 0.05) is 19.0 Å². The number of likely N-dealkylation sites (tertiary alicyclic amines) is 1. The molecule has 2 aliphatic heterocycles. The third-order valence-electron chi connectivity index (χ3n) is 3.26. The lowest BCUT2D eigenvalue weighted by atomic mass is 9.80. The predicted molar refractivity (Wildman–Crippen MR) is 44.6 cm³/mol. The van der Waals surface area contributed by atoms with Gasteiger partial charge in [0.15, 0.2) is 0 Å². The summed E-state index contributed by atoms with van der Waals surface area (Å²) in [6.45, 7) is 5.65. The monoisotopic (exact) mass is 155 g/mol. The summed E-state index contributed by atoms with van der Waals surface area (Å²) in [6, 6.07) is 0. The SMILES string of the molecule is CCC1COC12CCN(C)C2. The highest BCUT2D eigenvalue weighted by Crippen LogP contribution is 2.41. The van der Waals surface area contributed by atoms with Crippen molar-refractivity contribution in [2.45, 2.75) is 25.4 Å². The fraction of sp³-hybridized carbons (Fsp3) is 1.00. The van der Waals surface area contributed by atoms with Crippen molar-refractivity contribution in [1.82, 2.24) is 4.90 Å².